The third kappa shape index (κ3) is 4.29. The predicted octanol–water partition coefficient (Wildman–Crippen LogP) is 5.91. The number of hydrogen-bond acceptors (Lipinski definition) is 6. The van der Waals surface area contributed by atoms with Gasteiger partial charge in [-0.2, -0.15) is 12.8 Å². The summed E-state index contributed by atoms with van der Waals surface area (Å²) in [6.45, 7) is 2.01. The molecule has 5 nitrogen and oxygen atoms in total. The fraction of sp³-hybridized carbons (Fsp3) is 0.0800. The number of carbonyl (C=O) groups excluding carboxylic acids is 1. The van der Waals surface area contributed by atoms with Gasteiger partial charge in [0.2, 0.25) is 5.78 Å². The first-order chi connectivity index (χ1) is 15.9. The van der Waals surface area contributed by atoms with Gasteiger partial charge in [0.15, 0.2) is 4.34 Å². The number of sulfonamides is 1. The summed E-state index contributed by atoms with van der Waals surface area (Å²) in [6.07, 6.45) is 2.37. The Hall–Kier alpha value is -3.07. The van der Waals surface area contributed by atoms with E-state index in [1.165, 1.54) is 23.1 Å². The molecule has 1 heterocycles. The number of aromatic nitrogens is 1. The lowest BCUT2D eigenvalue weighted by Gasteiger charge is -2.16. The number of aryl methyl sites for hydroxylation is 1. The normalized spacial score (nSPS) is 15.0. The van der Waals surface area contributed by atoms with E-state index in [0.29, 0.717) is 20.4 Å². The highest BCUT2D eigenvalue weighted by Crippen LogP contribution is 2.37. The molecule has 0 amide bonds. The number of fused-ring (bicyclic) bond motifs is 2. The van der Waals surface area contributed by atoms with Gasteiger partial charge in [-0.3, -0.25) is 4.79 Å². The van der Waals surface area contributed by atoms with Crippen LogP contribution in [0.2, 0.25) is 0 Å². The lowest BCUT2D eigenvalue weighted by atomic mass is 9.94. The minimum Gasteiger partial charge on any atom is -0.288 e. The molecule has 0 aliphatic heterocycles. The minimum absolute atomic E-state index is 0.121. The summed E-state index contributed by atoms with van der Waals surface area (Å²) in [4.78, 5) is 18.3. The Kier molecular flexibility index (Phi) is 5.74. The molecule has 0 spiro atoms. The van der Waals surface area contributed by atoms with Crippen molar-refractivity contribution in [3.63, 3.8) is 0 Å². The molecule has 1 aliphatic rings. The van der Waals surface area contributed by atoms with Crippen molar-refractivity contribution in [2.24, 2.45) is 4.40 Å². The molecule has 5 rings (SSSR count). The van der Waals surface area contributed by atoms with Crippen molar-refractivity contribution in [2.45, 2.75) is 22.6 Å². The van der Waals surface area contributed by atoms with Gasteiger partial charge in [0.25, 0.3) is 10.0 Å². The maximum atomic E-state index is 13.2. The Morgan fingerprint density at radius 1 is 0.939 bits per heavy atom. The highest BCUT2D eigenvalue weighted by Gasteiger charge is 2.27. The first-order valence-corrected chi connectivity index (χ1v) is 13.3. The summed E-state index contributed by atoms with van der Waals surface area (Å²) in [5.74, 6) is -0.168. The number of benzene rings is 3. The van der Waals surface area contributed by atoms with Crippen LogP contribution in [0.5, 0.6) is 0 Å². The molecule has 0 saturated heterocycles. The van der Waals surface area contributed by atoms with E-state index >= 15 is 0 Å². The fourth-order valence-electron chi connectivity index (χ4n) is 3.52. The molecule has 164 valence electrons. The van der Waals surface area contributed by atoms with E-state index in [4.69, 9.17) is 0 Å². The monoisotopic (exact) mass is 490 g/mol. The third-order valence-corrected chi connectivity index (χ3v) is 8.68. The standard InChI is InChI=1S/C25H18N2O3S3/c1-2-16-11-13-17(14-12-16)33(29,30)27-21-15-23(24(28)19-8-4-3-7-18(19)21)32-25-26-20-9-5-6-10-22(20)31-25/h3-15H,2H2,1H3/b27-21-. The molecule has 0 fully saturated rings. The Morgan fingerprint density at radius 3 is 2.36 bits per heavy atom. The molecular weight excluding hydrogens is 472 g/mol. The molecular formula is C25H18N2O3S3. The second kappa shape index (κ2) is 8.70. The maximum absolute atomic E-state index is 13.2. The van der Waals surface area contributed by atoms with Crippen LogP contribution in [0.15, 0.2) is 97.4 Å². The number of carbonyl (C=O) groups is 1. The molecule has 3 aromatic carbocycles. The lowest BCUT2D eigenvalue weighted by molar-refractivity contribution is 0.104. The second-order valence-electron chi connectivity index (χ2n) is 7.38. The first-order valence-electron chi connectivity index (χ1n) is 10.3. The van der Waals surface area contributed by atoms with Gasteiger partial charge >= 0.3 is 0 Å². The van der Waals surface area contributed by atoms with Gasteiger partial charge in [0, 0.05) is 11.1 Å². The first kappa shape index (κ1) is 21.8. The molecule has 0 unspecified atom stereocenters. The van der Waals surface area contributed by atoms with Crippen LogP contribution in [0.3, 0.4) is 0 Å². The minimum atomic E-state index is -3.95. The van der Waals surface area contributed by atoms with Gasteiger partial charge in [0.05, 0.1) is 25.7 Å². The molecule has 33 heavy (non-hydrogen) atoms. The predicted molar refractivity (Wildman–Crippen MR) is 134 cm³/mol. The van der Waals surface area contributed by atoms with Gasteiger partial charge in [-0.05, 0) is 42.3 Å². The zero-order chi connectivity index (χ0) is 23.0. The van der Waals surface area contributed by atoms with Gasteiger partial charge in [-0.1, -0.05) is 67.2 Å². The number of rotatable bonds is 5. The summed E-state index contributed by atoms with van der Waals surface area (Å²) in [5.41, 5.74) is 3.09. The number of hydrogen-bond donors (Lipinski definition) is 0. The van der Waals surface area contributed by atoms with Crippen LogP contribution in [0, 0.1) is 0 Å². The van der Waals surface area contributed by atoms with Gasteiger partial charge < -0.3 is 0 Å². The van der Waals surface area contributed by atoms with Gasteiger partial charge in [-0.15, -0.1) is 11.3 Å². The van der Waals surface area contributed by atoms with Crippen molar-refractivity contribution in [1.29, 1.82) is 0 Å². The molecule has 0 saturated carbocycles. The van der Waals surface area contributed by atoms with Crippen molar-refractivity contribution in [1.82, 2.24) is 4.98 Å². The van der Waals surface area contributed by atoms with E-state index in [-0.39, 0.29) is 16.4 Å². The fourth-order valence-corrected chi connectivity index (χ4v) is 6.63. The summed E-state index contributed by atoms with van der Waals surface area (Å²) < 4.78 is 32.0. The lowest BCUT2D eigenvalue weighted by Crippen LogP contribution is -2.17. The maximum Gasteiger partial charge on any atom is 0.282 e. The van der Waals surface area contributed by atoms with Crippen LogP contribution in [0.25, 0.3) is 10.2 Å². The van der Waals surface area contributed by atoms with Gasteiger partial charge in [0.1, 0.15) is 0 Å². The average Bonchev–Trinajstić information content (AvgIpc) is 3.24. The number of nitrogens with zero attached hydrogens (tertiary/aromatic N) is 2. The van der Waals surface area contributed by atoms with E-state index in [0.717, 1.165) is 22.2 Å². The number of allylic oxidation sites excluding steroid dienone is 2. The smallest absolute Gasteiger partial charge is 0.282 e. The van der Waals surface area contributed by atoms with Crippen LogP contribution >= 0.6 is 23.1 Å². The van der Waals surface area contributed by atoms with E-state index in [9.17, 15) is 13.2 Å². The van der Waals surface area contributed by atoms with Crippen molar-refractivity contribution in [3.8, 4) is 0 Å². The summed E-state index contributed by atoms with van der Waals surface area (Å²) >= 11 is 2.73. The Morgan fingerprint density at radius 2 is 1.64 bits per heavy atom. The molecule has 0 radical (unpaired) electrons. The molecule has 0 bridgehead atoms. The van der Waals surface area contributed by atoms with Crippen LogP contribution in [0.1, 0.15) is 28.4 Å². The van der Waals surface area contributed by atoms with Gasteiger partial charge in [-0.25, -0.2) is 4.98 Å². The summed E-state index contributed by atoms with van der Waals surface area (Å²) in [7, 11) is -3.95. The van der Waals surface area contributed by atoms with E-state index in [1.807, 2.05) is 31.2 Å². The Labute approximate surface area is 200 Å². The zero-order valence-electron chi connectivity index (χ0n) is 17.6. The van der Waals surface area contributed by atoms with Crippen LogP contribution in [-0.4, -0.2) is 24.9 Å². The van der Waals surface area contributed by atoms with E-state index < -0.39 is 10.0 Å². The molecule has 1 aliphatic carbocycles. The molecule has 8 heteroatoms. The van der Waals surface area contributed by atoms with Crippen molar-refractivity contribution in [3.05, 3.63) is 100 Å². The molecule has 0 atom stereocenters. The topological polar surface area (TPSA) is 76.5 Å². The van der Waals surface area contributed by atoms with Crippen LogP contribution < -0.4 is 0 Å². The number of para-hydroxylation sites is 1. The Bertz CT molecular complexity index is 1520. The quantitative estimate of drug-likeness (QED) is 0.348. The highest BCUT2D eigenvalue weighted by molar-refractivity contribution is 8.05. The molecule has 1 aromatic heterocycles. The largest absolute Gasteiger partial charge is 0.288 e. The number of Topliss-reactive ketones (excluding diaryl/α,β-unsaturated/α-hetero) is 1. The number of ketones is 1. The van der Waals surface area contributed by atoms with E-state index in [2.05, 4.69) is 9.38 Å². The number of thiazole rings is 1. The average molecular weight is 491 g/mol. The molecule has 0 N–H and O–H groups in total. The van der Waals surface area contributed by atoms with Crippen LogP contribution in [-0.2, 0) is 16.4 Å². The summed E-state index contributed by atoms with van der Waals surface area (Å²) in [6, 6.07) is 21.4. The van der Waals surface area contributed by atoms with Crippen molar-refractivity contribution in [2.75, 3.05) is 0 Å². The van der Waals surface area contributed by atoms with Crippen LogP contribution in [0.4, 0.5) is 0 Å². The number of thioether (sulfide) groups is 1. The van der Waals surface area contributed by atoms with E-state index in [1.54, 1.807) is 54.6 Å². The summed E-state index contributed by atoms with van der Waals surface area (Å²) in [5, 5.41) is 0. The third-order valence-electron chi connectivity index (χ3n) is 5.26. The second-order valence-corrected chi connectivity index (χ2v) is 11.3. The molecule has 4 aromatic rings. The Balaban J connectivity index is 1.57. The SMILES string of the molecule is CCc1ccc(S(=O)(=O)/N=C2/C=C(Sc3nc4ccccc4s3)C(=O)c3ccccc32)cc1. The van der Waals surface area contributed by atoms with Crippen molar-refractivity contribution < 1.29 is 13.2 Å². The van der Waals surface area contributed by atoms with Crippen molar-refractivity contribution >= 4 is 54.8 Å². The zero-order valence-corrected chi connectivity index (χ0v) is 20.0. The highest BCUT2D eigenvalue weighted by atomic mass is 32.2.